The molecular formula is C46H31N3O. The van der Waals surface area contributed by atoms with Crippen molar-refractivity contribution in [1.82, 2.24) is 15.0 Å². The van der Waals surface area contributed by atoms with Crippen molar-refractivity contribution in [1.29, 1.82) is 0 Å². The molecule has 7 aromatic rings. The van der Waals surface area contributed by atoms with Crippen molar-refractivity contribution in [3.8, 4) is 61.9 Å². The number of pyridine rings is 3. The number of rotatable bonds is 4. The first-order chi connectivity index (χ1) is 24.8. The lowest BCUT2D eigenvalue weighted by atomic mass is 9.60. The van der Waals surface area contributed by atoms with Gasteiger partial charge in [0.15, 0.2) is 0 Å². The van der Waals surface area contributed by atoms with Crippen LogP contribution in [0.5, 0.6) is 5.75 Å². The zero-order valence-electron chi connectivity index (χ0n) is 27.1. The molecule has 2 aliphatic carbocycles. The van der Waals surface area contributed by atoms with Crippen molar-refractivity contribution in [3.05, 3.63) is 193 Å². The molecule has 4 heterocycles. The summed E-state index contributed by atoms with van der Waals surface area (Å²) in [4.78, 5) is 14.6. The molecule has 0 fully saturated rings. The van der Waals surface area contributed by atoms with Crippen LogP contribution in [-0.2, 0) is 5.41 Å². The Morgan fingerprint density at radius 3 is 1.88 bits per heavy atom. The highest BCUT2D eigenvalue weighted by molar-refractivity contribution is 5.86. The Morgan fingerprint density at radius 2 is 1.16 bits per heavy atom. The molecule has 10 rings (SSSR count). The first-order valence-electron chi connectivity index (χ1n) is 17.1. The number of aromatic nitrogens is 3. The monoisotopic (exact) mass is 641 g/mol. The van der Waals surface area contributed by atoms with E-state index in [0.29, 0.717) is 0 Å². The fourth-order valence-corrected chi connectivity index (χ4v) is 8.28. The average Bonchev–Trinajstić information content (AvgIpc) is 3.49. The van der Waals surface area contributed by atoms with E-state index < -0.39 is 0 Å². The summed E-state index contributed by atoms with van der Waals surface area (Å²) < 4.78 is 6.84. The van der Waals surface area contributed by atoms with Gasteiger partial charge < -0.3 is 4.74 Å². The second-order valence-corrected chi connectivity index (χ2v) is 13.1. The minimum atomic E-state index is -0.353. The van der Waals surface area contributed by atoms with Gasteiger partial charge >= 0.3 is 0 Å². The first-order valence-corrected chi connectivity index (χ1v) is 17.1. The molecule has 3 aromatic heterocycles. The van der Waals surface area contributed by atoms with Crippen molar-refractivity contribution >= 4 is 0 Å². The number of hydrogen-bond acceptors (Lipinski definition) is 4. The van der Waals surface area contributed by atoms with Crippen LogP contribution in [0.4, 0.5) is 0 Å². The highest BCUT2D eigenvalue weighted by atomic mass is 16.5. The zero-order valence-corrected chi connectivity index (χ0v) is 27.1. The maximum Gasteiger partial charge on any atom is 0.125 e. The van der Waals surface area contributed by atoms with Gasteiger partial charge in [-0.25, -0.2) is 4.98 Å². The van der Waals surface area contributed by atoms with Crippen LogP contribution in [0, 0.1) is 5.92 Å². The summed E-state index contributed by atoms with van der Waals surface area (Å²) >= 11 is 0. The zero-order chi connectivity index (χ0) is 33.1. The Hall–Kier alpha value is -6.39. The maximum absolute atomic E-state index is 6.84. The van der Waals surface area contributed by atoms with Crippen LogP contribution in [0.2, 0.25) is 0 Å². The van der Waals surface area contributed by atoms with Gasteiger partial charge in [-0.15, -0.1) is 0 Å². The number of nitrogens with zero attached hydrogens (tertiary/aromatic N) is 3. The summed E-state index contributed by atoms with van der Waals surface area (Å²) in [5, 5.41) is 0. The first kappa shape index (κ1) is 28.6. The Labute approximate surface area is 291 Å². The molecule has 1 spiro atoms. The predicted molar refractivity (Wildman–Crippen MR) is 200 cm³/mol. The predicted octanol–water partition coefficient (Wildman–Crippen LogP) is 10.4. The SMILES string of the molecule is C1=CC2Oc3cc(-c4ccc(-c5cc(-c6ccccc6)cc(-c6ccccn6)n5)nc4)ccc3C3(c4ccccc4-c4ccccc43)C2C=C1. The molecule has 0 amide bonds. The summed E-state index contributed by atoms with van der Waals surface area (Å²) in [5.41, 5.74) is 13.7. The Morgan fingerprint density at radius 1 is 0.480 bits per heavy atom. The molecule has 4 aromatic carbocycles. The number of allylic oxidation sites excluding steroid dienone is 2. The fraction of sp³-hybridized carbons (Fsp3) is 0.0652. The van der Waals surface area contributed by atoms with Crippen LogP contribution in [0.15, 0.2) is 176 Å². The van der Waals surface area contributed by atoms with Gasteiger partial charge in [0.05, 0.1) is 28.2 Å². The number of hydrogen-bond donors (Lipinski definition) is 0. The molecule has 4 nitrogen and oxygen atoms in total. The van der Waals surface area contributed by atoms with Gasteiger partial charge in [-0.3, -0.25) is 9.97 Å². The minimum absolute atomic E-state index is 0.0845. The summed E-state index contributed by atoms with van der Waals surface area (Å²) in [7, 11) is 0. The van der Waals surface area contributed by atoms with Gasteiger partial charge in [0.1, 0.15) is 11.9 Å². The van der Waals surface area contributed by atoms with Crippen LogP contribution < -0.4 is 4.74 Å². The van der Waals surface area contributed by atoms with Crippen LogP contribution in [0.3, 0.4) is 0 Å². The van der Waals surface area contributed by atoms with Crippen molar-refractivity contribution in [3.63, 3.8) is 0 Å². The molecule has 236 valence electrons. The quantitative estimate of drug-likeness (QED) is 0.192. The number of benzene rings is 4. The molecule has 3 aliphatic rings. The van der Waals surface area contributed by atoms with Gasteiger partial charge in [0.2, 0.25) is 0 Å². The molecular weight excluding hydrogens is 611 g/mol. The number of fused-ring (bicyclic) bond motifs is 9. The minimum Gasteiger partial charge on any atom is -0.485 e. The van der Waals surface area contributed by atoms with Gasteiger partial charge in [0, 0.05) is 29.4 Å². The van der Waals surface area contributed by atoms with E-state index in [1.807, 2.05) is 30.5 Å². The summed E-state index contributed by atoms with van der Waals surface area (Å²) in [6.45, 7) is 0. The van der Waals surface area contributed by atoms with Crippen LogP contribution in [0.1, 0.15) is 16.7 Å². The lowest BCUT2D eigenvalue weighted by molar-refractivity contribution is 0.141. The van der Waals surface area contributed by atoms with Gasteiger partial charge in [-0.2, -0.15) is 0 Å². The third-order valence-corrected chi connectivity index (χ3v) is 10.5. The van der Waals surface area contributed by atoms with Crippen LogP contribution >= 0.6 is 0 Å². The second kappa shape index (κ2) is 11.4. The van der Waals surface area contributed by atoms with Crippen molar-refractivity contribution in [2.24, 2.45) is 5.92 Å². The third-order valence-electron chi connectivity index (χ3n) is 10.5. The average molecular weight is 642 g/mol. The molecule has 2 atom stereocenters. The third kappa shape index (κ3) is 4.35. The number of ether oxygens (including phenoxy) is 1. The Bertz CT molecular complexity index is 2360. The second-order valence-electron chi connectivity index (χ2n) is 13.1. The molecule has 0 saturated carbocycles. The molecule has 0 N–H and O–H groups in total. The Kier molecular flexibility index (Phi) is 6.50. The largest absolute Gasteiger partial charge is 0.485 e. The van der Waals surface area contributed by atoms with Crippen molar-refractivity contribution < 1.29 is 4.74 Å². The van der Waals surface area contributed by atoms with Crippen LogP contribution in [0.25, 0.3) is 56.2 Å². The van der Waals surface area contributed by atoms with Gasteiger partial charge in [-0.05, 0) is 81.4 Å². The van der Waals surface area contributed by atoms with E-state index in [1.165, 1.54) is 27.8 Å². The van der Waals surface area contributed by atoms with E-state index in [0.717, 1.165) is 50.8 Å². The summed E-state index contributed by atoms with van der Waals surface area (Å²) in [6.07, 6.45) is 12.5. The van der Waals surface area contributed by atoms with E-state index in [9.17, 15) is 0 Å². The lowest BCUT2D eigenvalue weighted by Crippen LogP contribution is -2.47. The highest BCUT2D eigenvalue weighted by Crippen LogP contribution is 2.61. The van der Waals surface area contributed by atoms with Gasteiger partial charge in [-0.1, -0.05) is 121 Å². The maximum atomic E-state index is 6.84. The standard InChI is InChI=1S/C46H31N3O/c1-2-12-30(13-3-1)33-26-42(40-19-10-11-25-47-40)49-43(27-33)41-24-22-32(29-48-41)31-21-23-39-45(28-31)50-44-20-9-8-18-38(44)46(39)36-16-6-4-14-34(36)35-15-5-7-17-37(35)46/h1-29,38,44H. The molecule has 4 heteroatoms. The normalized spacial score (nSPS) is 17.4. The summed E-state index contributed by atoms with van der Waals surface area (Å²) in [5.74, 6) is 1.04. The molecule has 0 bridgehead atoms. The van der Waals surface area contributed by atoms with Crippen molar-refractivity contribution in [2.75, 3.05) is 0 Å². The van der Waals surface area contributed by atoms with Crippen molar-refractivity contribution in [2.45, 2.75) is 11.5 Å². The molecule has 50 heavy (non-hydrogen) atoms. The van der Waals surface area contributed by atoms with E-state index >= 15 is 0 Å². The summed E-state index contributed by atoms with van der Waals surface area (Å²) in [6, 6.07) is 49.2. The Balaban J connectivity index is 1.07. The molecule has 1 aliphatic heterocycles. The molecule has 2 unspecified atom stereocenters. The van der Waals surface area contributed by atoms with Crippen LogP contribution in [-0.4, -0.2) is 21.1 Å². The van der Waals surface area contributed by atoms with E-state index in [-0.39, 0.29) is 17.4 Å². The fourth-order valence-electron chi connectivity index (χ4n) is 8.28. The molecule has 0 saturated heterocycles. The smallest absolute Gasteiger partial charge is 0.125 e. The van der Waals surface area contributed by atoms with E-state index in [1.54, 1.807) is 6.20 Å². The topological polar surface area (TPSA) is 47.9 Å². The van der Waals surface area contributed by atoms with E-state index in [4.69, 9.17) is 14.7 Å². The van der Waals surface area contributed by atoms with E-state index in [2.05, 4.69) is 145 Å². The molecule has 0 radical (unpaired) electrons. The van der Waals surface area contributed by atoms with Gasteiger partial charge in [0.25, 0.3) is 0 Å². The highest BCUT2D eigenvalue weighted by Gasteiger charge is 2.55. The lowest BCUT2D eigenvalue weighted by Gasteiger charge is -2.47.